The molecule has 0 saturated heterocycles. The van der Waals surface area contributed by atoms with Crippen molar-refractivity contribution in [3.8, 4) is 5.75 Å². The number of nitrogens with zero attached hydrogens (tertiary/aromatic N) is 1. The summed E-state index contributed by atoms with van der Waals surface area (Å²) in [5.41, 5.74) is 3.23. The number of carbonyl (C=O) groups excluding carboxylic acids is 1. The summed E-state index contributed by atoms with van der Waals surface area (Å²) in [6.07, 6.45) is 9.43. The number of aliphatic hydroxyl groups excluding tert-OH is 2. The quantitative estimate of drug-likeness (QED) is 0.354. The minimum Gasteiger partial charge on any atom is -0.489 e. The Bertz CT molecular complexity index is 1050. The average molecular weight is 451 g/mol. The van der Waals surface area contributed by atoms with E-state index in [2.05, 4.69) is 15.6 Å². The fourth-order valence-electron chi connectivity index (χ4n) is 3.98. The first-order valence-electron chi connectivity index (χ1n) is 11.2. The number of carbonyl (C=O) groups is 1. The second-order valence-corrected chi connectivity index (χ2v) is 9.04. The largest absolute Gasteiger partial charge is 0.489 e. The van der Waals surface area contributed by atoms with Gasteiger partial charge in [0.2, 0.25) is 0 Å². The number of pyridine rings is 1. The molecule has 33 heavy (non-hydrogen) atoms. The van der Waals surface area contributed by atoms with E-state index in [0.717, 1.165) is 24.0 Å². The lowest BCUT2D eigenvalue weighted by Crippen LogP contribution is -2.48. The molecule has 1 heterocycles. The molecule has 0 unspecified atom stereocenters. The van der Waals surface area contributed by atoms with E-state index >= 15 is 0 Å². The van der Waals surface area contributed by atoms with E-state index in [0.29, 0.717) is 35.4 Å². The van der Waals surface area contributed by atoms with Gasteiger partial charge < -0.3 is 31.0 Å². The van der Waals surface area contributed by atoms with Crippen LogP contribution in [0.1, 0.15) is 47.2 Å². The minimum absolute atomic E-state index is 0.0523. The maximum absolute atomic E-state index is 12.4. The van der Waals surface area contributed by atoms with Crippen LogP contribution in [0.2, 0.25) is 0 Å². The Labute approximate surface area is 193 Å². The molecule has 2 fully saturated rings. The molecule has 1 aromatic carbocycles. The summed E-state index contributed by atoms with van der Waals surface area (Å²) in [7, 11) is 0. The highest BCUT2D eigenvalue weighted by atomic mass is 16.5. The van der Waals surface area contributed by atoms with Crippen molar-refractivity contribution in [2.24, 2.45) is 5.41 Å². The molecule has 0 bridgehead atoms. The summed E-state index contributed by atoms with van der Waals surface area (Å²) in [6, 6.07) is 7.61. The van der Waals surface area contributed by atoms with Crippen molar-refractivity contribution in [3.63, 3.8) is 0 Å². The number of aryl methyl sites for hydroxylation is 1. The molecule has 174 valence electrons. The van der Waals surface area contributed by atoms with Crippen LogP contribution in [-0.4, -0.2) is 52.7 Å². The number of aliphatic hydroxyl groups is 2. The molecule has 4 rings (SSSR count). The molecule has 0 atom stereocenters. The van der Waals surface area contributed by atoms with Crippen molar-refractivity contribution >= 4 is 23.4 Å². The molecule has 8 nitrogen and oxygen atoms in total. The van der Waals surface area contributed by atoms with E-state index in [1.807, 2.05) is 25.1 Å². The molecule has 2 aliphatic carbocycles. The van der Waals surface area contributed by atoms with Crippen LogP contribution in [-0.2, 0) is 0 Å². The second kappa shape index (κ2) is 9.72. The van der Waals surface area contributed by atoms with E-state index in [1.165, 1.54) is 6.21 Å². The number of allylic oxidation sites excluding steroid dienone is 1. The van der Waals surface area contributed by atoms with Crippen molar-refractivity contribution in [2.45, 2.75) is 44.8 Å². The summed E-state index contributed by atoms with van der Waals surface area (Å²) in [4.78, 5) is 16.6. The normalized spacial score (nSPS) is 17.7. The fraction of sp³-hybridized carbons (Fsp3) is 0.400. The molecule has 1 aromatic heterocycles. The van der Waals surface area contributed by atoms with Gasteiger partial charge in [0.05, 0.1) is 31.3 Å². The Morgan fingerprint density at radius 1 is 1.24 bits per heavy atom. The van der Waals surface area contributed by atoms with E-state index in [1.54, 1.807) is 24.7 Å². The third kappa shape index (κ3) is 5.40. The minimum atomic E-state index is -0.447. The number of aromatic nitrogens is 1. The maximum Gasteiger partial charge on any atom is 0.251 e. The van der Waals surface area contributed by atoms with Gasteiger partial charge in [0.25, 0.3) is 5.91 Å². The predicted molar refractivity (Wildman–Crippen MR) is 127 cm³/mol. The summed E-state index contributed by atoms with van der Waals surface area (Å²) in [5, 5.41) is 32.9. The highest BCUT2D eigenvalue weighted by molar-refractivity contribution is 6.10. The van der Waals surface area contributed by atoms with Crippen LogP contribution in [0.4, 0.5) is 5.69 Å². The number of nitrogens with one attached hydrogen (secondary N) is 3. The van der Waals surface area contributed by atoms with Gasteiger partial charge in [-0.15, -0.1) is 0 Å². The lowest BCUT2D eigenvalue weighted by molar-refractivity contribution is -0.0812. The van der Waals surface area contributed by atoms with Gasteiger partial charge in [-0.25, -0.2) is 0 Å². The Morgan fingerprint density at radius 3 is 2.67 bits per heavy atom. The van der Waals surface area contributed by atoms with Gasteiger partial charge in [0.15, 0.2) is 0 Å². The summed E-state index contributed by atoms with van der Waals surface area (Å²) < 4.78 is 5.93. The first-order chi connectivity index (χ1) is 15.9. The van der Waals surface area contributed by atoms with E-state index in [9.17, 15) is 15.0 Å². The Morgan fingerprint density at radius 2 is 2.00 bits per heavy atom. The van der Waals surface area contributed by atoms with Gasteiger partial charge in [0, 0.05) is 41.1 Å². The third-order valence-electron chi connectivity index (χ3n) is 6.28. The van der Waals surface area contributed by atoms with E-state index in [4.69, 9.17) is 10.1 Å². The number of hydrogen-bond acceptors (Lipinski definition) is 7. The summed E-state index contributed by atoms with van der Waals surface area (Å²) in [6.45, 7) is 1.84. The Balaban J connectivity index is 1.44. The standard InChI is InChI=1S/C25H30N4O4/c1-16-2-3-17(24(32)29-19-4-5-19)6-23(16)18(10-26)11-28-20-7-21(13-27-12-20)33-22-8-25(9-22,14-30)15-31/h2-3,6-7,10-13,19,22,26,28,30-31H,4-5,8-9,14-15H2,1H3,(H,29,32)/b18-11+,26-10?. The van der Waals surface area contributed by atoms with Crippen LogP contribution >= 0.6 is 0 Å². The van der Waals surface area contributed by atoms with Crippen LogP contribution in [0, 0.1) is 17.7 Å². The van der Waals surface area contributed by atoms with Crippen molar-refractivity contribution in [1.29, 1.82) is 5.41 Å². The third-order valence-corrected chi connectivity index (χ3v) is 6.28. The van der Waals surface area contributed by atoms with Crippen LogP contribution in [0.15, 0.2) is 42.9 Å². The maximum atomic E-state index is 12.4. The topological polar surface area (TPSA) is 128 Å². The van der Waals surface area contributed by atoms with Crippen molar-refractivity contribution in [2.75, 3.05) is 18.5 Å². The first-order valence-corrected chi connectivity index (χ1v) is 11.2. The molecule has 0 radical (unpaired) electrons. The number of ether oxygens (including phenoxy) is 1. The zero-order valence-corrected chi connectivity index (χ0v) is 18.7. The van der Waals surface area contributed by atoms with Crippen molar-refractivity contribution in [1.82, 2.24) is 10.3 Å². The van der Waals surface area contributed by atoms with Gasteiger partial charge in [0.1, 0.15) is 11.9 Å². The number of amides is 1. The van der Waals surface area contributed by atoms with Gasteiger partial charge in [-0.1, -0.05) is 6.07 Å². The molecular weight excluding hydrogens is 420 g/mol. The average Bonchev–Trinajstić information content (AvgIpc) is 3.61. The Hall–Kier alpha value is -3.23. The predicted octanol–water partition coefficient (Wildman–Crippen LogP) is 2.90. The highest BCUT2D eigenvalue weighted by Crippen LogP contribution is 2.42. The molecular formula is C25H30N4O4. The zero-order chi connectivity index (χ0) is 23.4. The number of rotatable bonds is 10. The summed E-state index contributed by atoms with van der Waals surface area (Å²) in [5.74, 6) is 0.502. The zero-order valence-electron chi connectivity index (χ0n) is 18.7. The molecule has 2 saturated carbocycles. The molecule has 2 aliphatic rings. The van der Waals surface area contributed by atoms with Crippen molar-refractivity contribution in [3.05, 3.63) is 59.5 Å². The summed E-state index contributed by atoms with van der Waals surface area (Å²) >= 11 is 0. The van der Waals surface area contributed by atoms with Gasteiger partial charge in [-0.3, -0.25) is 9.78 Å². The SMILES string of the molecule is Cc1ccc(C(=O)NC2CC2)cc1/C(C=N)=C/Nc1cncc(OC2CC(CO)(CO)C2)c1. The number of hydrogen-bond donors (Lipinski definition) is 5. The monoisotopic (exact) mass is 450 g/mol. The Kier molecular flexibility index (Phi) is 6.76. The van der Waals surface area contributed by atoms with Gasteiger partial charge >= 0.3 is 0 Å². The highest BCUT2D eigenvalue weighted by Gasteiger charge is 2.44. The molecule has 5 N–H and O–H groups in total. The lowest BCUT2D eigenvalue weighted by atomic mass is 9.68. The molecule has 0 aliphatic heterocycles. The van der Waals surface area contributed by atoms with E-state index in [-0.39, 0.29) is 31.3 Å². The lowest BCUT2D eigenvalue weighted by Gasteiger charge is -2.44. The smallest absolute Gasteiger partial charge is 0.251 e. The van der Waals surface area contributed by atoms with Crippen LogP contribution in [0.3, 0.4) is 0 Å². The number of benzene rings is 1. The molecule has 1 amide bonds. The molecule has 2 aromatic rings. The van der Waals surface area contributed by atoms with E-state index < -0.39 is 5.41 Å². The number of anilines is 1. The second-order valence-electron chi connectivity index (χ2n) is 9.04. The molecule has 0 spiro atoms. The van der Waals surface area contributed by atoms with Crippen molar-refractivity contribution < 1.29 is 19.7 Å². The first kappa shape index (κ1) is 22.9. The molecule has 8 heteroatoms. The fourth-order valence-corrected chi connectivity index (χ4v) is 3.98. The van der Waals surface area contributed by atoms with Gasteiger partial charge in [-0.2, -0.15) is 0 Å². The van der Waals surface area contributed by atoms with Crippen LogP contribution in [0.25, 0.3) is 5.57 Å². The van der Waals surface area contributed by atoms with Gasteiger partial charge in [-0.05, 0) is 55.9 Å². The van der Waals surface area contributed by atoms with Crippen LogP contribution < -0.4 is 15.4 Å². The van der Waals surface area contributed by atoms with Crippen LogP contribution in [0.5, 0.6) is 5.75 Å².